The monoisotopic (exact) mass is 587 g/mol. The van der Waals surface area contributed by atoms with Gasteiger partial charge in [0.2, 0.25) is 0 Å². The average molecular weight is 588 g/mol. The maximum atomic E-state index is 14.9. The van der Waals surface area contributed by atoms with Gasteiger partial charge < -0.3 is 18.9 Å². The number of ether oxygens (including phenoxy) is 4. The first-order valence-corrected chi connectivity index (χ1v) is 11.3. The molecule has 0 saturated carbocycles. The topological polar surface area (TPSA) is 111 Å². The SMILES string of the molecule is COCCOC(=O)COc1ncccc1Oc1cc(-n2c(=O)cc(C(C)(F)F)n(C)c2=O)c(F)cc1Br. The molecule has 0 bridgehead atoms. The molecule has 0 atom stereocenters. The Morgan fingerprint density at radius 1 is 1.16 bits per heavy atom. The smallest absolute Gasteiger partial charge is 0.344 e. The molecule has 0 saturated heterocycles. The highest BCUT2D eigenvalue weighted by molar-refractivity contribution is 9.10. The Bertz CT molecular complexity index is 1420. The van der Waals surface area contributed by atoms with Gasteiger partial charge in [-0.05, 0) is 34.1 Å². The van der Waals surface area contributed by atoms with E-state index in [4.69, 9.17) is 18.9 Å². The van der Waals surface area contributed by atoms with Crippen LogP contribution < -0.4 is 20.7 Å². The van der Waals surface area contributed by atoms with E-state index in [9.17, 15) is 27.6 Å². The number of pyridine rings is 1. The van der Waals surface area contributed by atoms with Crippen LogP contribution in [0.2, 0.25) is 0 Å². The van der Waals surface area contributed by atoms with Gasteiger partial charge in [0.05, 0.1) is 22.5 Å². The second kappa shape index (κ2) is 11.6. The average Bonchev–Trinajstić information content (AvgIpc) is 2.83. The van der Waals surface area contributed by atoms with E-state index < -0.39 is 46.9 Å². The predicted molar refractivity (Wildman–Crippen MR) is 127 cm³/mol. The van der Waals surface area contributed by atoms with Gasteiger partial charge in [0.25, 0.3) is 17.4 Å². The third-order valence-corrected chi connectivity index (χ3v) is 5.47. The van der Waals surface area contributed by atoms with E-state index >= 15 is 0 Å². The Morgan fingerprint density at radius 2 is 1.89 bits per heavy atom. The van der Waals surface area contributed by atoms with E-state index in [0.717, 1.165) is 19.2 Å². The van der Waals surface area contributed by atoms with Gasteiger partial charge in [0.15, 0.2) is 12.4 Å². The first kappa shape index (κ1) is 27.9. The van der Waals surface area contributed by atoms with Crippen molar-refractivity contribution in [3.63, 3.8) is 0 Å². The predicted octanol–water partition coefficient (Wildman–Crippen LogP) is 3.31. The molecular formula is C23H21BrF3N3O7. The fourth-order valence-electron chi connectivity index (χ4n) is 3.12. The first-order chi connectivity index (χ1) is 17.4. The molecule has 0 fully saturated rings. The summed E-state index contributed by atoms with van der Waals surface area (Å²) in [5, 5.41) is 0. The van der Waals surface area contributed by atoms with E-state index in [1.807, 2.05) is 0 Å². The van der Waals surface area contributed by atoms with E-state index in [0.29, 0.717) is 22.1 Å². The van der Waals surface area contributed by atoms with Crippen molar-refractivity contribution in [3.8, 4) is 23.1 Å². The molecule has 0 N–H and O–H groups in total. The lowest BCUT2D eigenvalue weighted by molar-refractivity contribution is -0.147. The number of carbonyl (C=O) groups is 1. The molecule has 0 aliphatic rings. The highest BCUT2D eigenvalue weighted by Gasteiger charge is 2.30. The summed E-state index contributed by atoms with van der Waals surface area (Å²) in [6, 6.07) is 5.46. The van der Waals surface area contributed by atoms with Gasteiger partial charge in [-0.2, -0.15) is 0 Å². The number of carbonyl (C=O) groups excluding carboxylic acids is 1. The van der Waals surface area contributed by atoms with Crippen LogP contribution in [0, 0.1) is 5.82 Å². The molecular weight excluding hydrogens is 567 g/mol. The molecule has 0 radical (unpaired) electrons. The fourth-order valence-corrected chi connectivity index (χ4v) is 3.52. The summed E-state index contributed by atoms with van der Waals surface area (Å²) < 4.78 is 64.3. The molecule has 0 aliphatic carbocycles. The number of esters is 1. The van der Waals surface area contributed by atoms with Crippen molar-refractivity contribution in [1.82, 2.24) is 14.1 Å². The number of aromatic nitrogens is 3. The molecule has 198 valence electrons. The summed E-state index contributed by atoms with van der Waals surface area (Å²) in [6.45, 7) is 0.281. The highest BCUT2D eigenvalue weighted by atomic mass is 79.9. The van der Waals surface area contributed by atoms with Gasteiger partial charge in [-0.1, -0.05) is 0 Å². The summed E-state index contributed by atoms with van der Waals surface area (Å²) in [4.78, 5) is 41.1. The standard InChI is InChI=1S/C23H21BrF3N3O7/c1-23(26,27)18-11-19(31)30(22(33)29(18)2)15-10-17(13(24)9-14(15)25)37-16-5-4-6-28-21(16)36-12-20(32)35-8-7-34-3/h4-6,9-11H,7-8,12H2,1-3H3. The number of halogens is 4. The maximum absolute atomic E-state index is 14.9. The lowest BCUT2D eigenvalue weighted by atomic mass is 10.2. The molecule has 10 nitrogen and oxygen atoms in total. The minimum atomic E-state index is -3.48. The van der Waals surface area contributed by atoms with E-state index in [2.05, 4.69) is 20.9 Å². The van der Waals surface area contributed by atoms with Gasteiger partial charge in [0.1, 0.15) is 18.2 Å². The second-order valence-electron chi connectivity index (χ2n) is 7.58. The summed E-state index contributed by atoms with van der Waals surface area (Å²) in [6.07, 6.45) is 1.37. The Labute approximate surface area is 216 Å². The van der Waals surface area contributed by atoms with Crippen molar-refractivity contribution in [2.75, 3.05) is 26.9 Å². The van der Waals surface area contributed by atoms with Crippen LogP contribution in [0.1, 0.15) is 12.6 Å². The lowest BCUT2D eigenvalue weighted by Gasteiger charge is -2.17. The quantitative estimate of drug-likeness (QED) is 0.262. The number of hydrogen-bond donors (Lipinski definition) is 0. The molecule has 3 rings (SSSR count). The molecule has 0 spiro atoms. The lowest BCUT2D eigenvalue weighted by Crippen LogP contribution is -2.41. The van der Waals surface area contributed by atoms with Gasteiger partial charge in [-0.15, -0.1) is 0 Å². The molecule has 2 aromatic heterocycles. The molecule has 0 amide bonds. The van der Waals surface area contributed by atoms with Crippen molar-refractivity contribution in [3.05, 3.63) is 73.4 Å². The minimum Gasteiger partial charge on any atom is -0.463 e. The van der Waals surface area contributed by atoms with Crippen LogP contribution in [0.4, 0.5) is 13.2 Å². The summed E-state index contributed by atoms with van der Waals surface area (Å²) >= 11 is 3.14. The third-order valence-electron chi connectivity index (χ3n) is 4.85. The Kier molecular flexibility index (Phi) is 8.76. The molecule has 0 aliphatic heterocycles. The molecule has 14 heteroatoms. The largest absolute Gasteiger partial charge is 0.463 e. The molecule has 1 aromatic carbocycles. The van der Waals surface area contributed by atoms with E-state index in [1.54, 1.807) is 0 Å². The highest BCUT2D eigenvalue weighted by Crippen LogP contribution is 2.36. The van der Waals surface area contributed by atoms with Crippen LogP contribution >= 0.6 is 15.9 Å². The van der Waals surface area contributed by atoms with Crippen LogP contribution in [0.25, 0.3) is 5.69 Å². The van der Waals surface area contributed by atoms with Crippen molar-refractivity contribution < 1.29 is 36.9 Å². The normalized spacial score (nSPS) is 11.3. The van der Waals surface area contributed by atoms with E-state index in [1.165, 1.54) is 25.4 Å². The zero-order chi connectivity index (χ0) is 27.3. The molecule has 37 heavy (non-hydrogen) atoms. The van der Waals surface area contributed by atoms with Gasteiger partial charge in [-0.3, -0.25) is 9.36 Å². The van der Waals surface area contributed by atoms with Crippen LogP contribution in [-0.4, -0.2) is 47.0 Å². The molecule has 3 aromatic rings. The summed E-state index contributed by atoms with van der Waals surface area (Å²) in [5.41, 5.74) is -3.72. The Hall–Kier alpha value is -3.65. The summed E-state index contributed by atoms with van der Waals surface area (Å²) in [5.74, 6) is -5.34. The second-order valence-corrected chi connectivity index (χ2v) is 8.43. The van der Waals surface area contributed by atoms with Gasteiger partial charge in [0, 0.05) is 39.4 Å². The molecule has 2 heterocycles. The Balaban J connectivity index is 1.96. The number of nitrogens with zero attached hydrogens (tertiary/aromatic N) is 3. The number of rotatable bonds is 10. The van der Waals surface area contributed by atoms with Crippen molar-refractivity contribution in [2.45, 2.75) is 12.8 Å². The third kappa shape index (κ3) is 6.57. The van der Waals surface area contributed by atoms with Crippen LogP contribution in [0.5, 0.6) is 17.4 Å². The van der Waals surface area contributed by atoms with E-state index in [-0.39, 0.29) is 35.1 Å². The van der Waals surface area contributed by atoms with Crippen molar-refractivity contribution in [2.24, 2.45) is 7.05 Å². The number of alkyl halides is 2. The zero-order valence-electron chi connectivity index (χ0n) is 19.8. The van der Waals surface area contributed by atoms with Gasteiger partial charge in [-0.25, -0.2) is 32.3 Å². The number of methoxy groups -OCH3 is 1. The Morgan fingerprint density at radius 3 is 2.57 bits per heavy atom. The molecule has 0 unspecified atom stereocenters. The maximum Gasteiger partial charge on any atom is 0.344 e. The minimum absolute atomic E-state index is 0.00618. The zero-order valence-corrected chi connectivity index (χ0v) is 21.4. The van der Waals surface area contributed by atoms with Crippen molar-refractivity contribution >= 4 is 21.9 Å². The fraction of sp³-hybridized carbons (Fsp3) is 0.304. The van der Waals surface area contributed by atoms with Crippen molar-refractivity contribution in [1.29, 1.82) is 0 Å². The van der Waals surface area contributed by atoms with Crippen LogP contribution in [0.15, 0.2) is 50.6 Å². The summed E-state index contributed by atoms with van der Waals surface area (Å²) in [7, 11) is 2.49. The van der Waals surface area contributed by atoms with Gasteiger partial charge >= 0.3 is 11.7 Å². The number of benzene rings is 1. The van der Waals surface area contributed by atoms with Crippen LogP contribution in [-0.2, 0) is 27.2 Å². The first-order valence-electron chi connectivity index (χ1n) is 10.5. The number of hydrogen-bond acceptors (Lipinski definition) is 8. The van der Waals surface area contributed by atoms with Crippen LogP contribution in [0.3, 0.4) is 0 Å².